The molecular formula is C23H21ClN2O3. The van der Waals surface area contributed by atoms with E-state index >= 15 is 0 Å². The number of aryl methyl sites for hydroxylation is 1. The highest BCUT2D eigenvalue weighted by atomic mass is 35.5. The maximum Gasteiger partial charge on any atom is 0.255 e. The Hall–Kier alpha value is -3.31. The molecule has 3 rings (SSSR count). The lowest BCUT2D eigenvalue weighted by Gasteiger charge is -2.11. The minimum Gasteiger partial charge on any atom is -0.492 e. The van der Waals surface area contributed by atoms with Gasteiger partial charge in [0.1, 0.15) is 5.75 Å². The van der Waals surface area contributed by atoms with Gasteiger partial charge in [-0.15, -0.1) is 0 Å². The summed E-state index contributed by atoms with van der Waals surface area (Å²) in [7, 11) is 0. The first-order valence-electron chi connectivity index (χ1n) is 9.18. The van der Waals surface area contributed by atoms with Crippen LogP contribution in [0.3, 0.4) is 0 Å². The predicted molar refractivity (Wildman–Crippen MR) is 116 cm³/mol. The maximum atomic E-state index is 12.5. The lowest BCUT2D eigenvalue weighted by molar-refractivity contribution is 0.101. The van der Waals surface area contributed by atoms with Crippen LogP contribution in [0.15, 0.2) is 66.7 Å². The summed E-state index contributed by atoms with van der Waals surface area (Å²) < 4.78 is 5.38. The molecule has 0 bridgehead atoms. The molecule has 0 saturated carbocycles. The number of benzene rings is 3. The predicted octanol–water partition coefficient (Wildman–Crippen LogP) is 5.55. The highest BCUT2D eigenvalue weighted by Gasteiger charge is 2.12. The summed E-state index contributed by atoms with van der Waals surface area (Å²) in [6.07, 6.45) is 0. The van der Waals surface area contributed by atoms with Gasteiger partial charge in [-0.05, 0) is 61.9 Å². The van der Waals surface area contributed by atoms with Crippen molar-refractivity contribution in [2.75, 3.05) is 17.2 Å². The van der Waals surface area contributed by atoms with E-state index in [1.807, 2.05) is 32.0 Å². The van der Waals surface area contributed by atoms with Crippen molar-refractivity contribution in [1.29, 1.82) is 0 Å². The minimum atomic E-state index is -0.308. The van der Waals surface area contributed by atoms with Crippen LogP contribution in [0.1, 0.15) is 33.2 Å². The summed E-state index contributed by atoms with van der Waals surface area (Å²) in [6.45, 7) is 4.24. The Morgan fingerprint density at radius 2 is 1.59 bits per heavy atom. The molecule has 0 fully saturated rings. The lowest BCUT2D eigenvalue weighted by atomic mass is 10.1. The molecule has 0 radical (unpaired) electrons. The van der Waals surface area contributed by atoms with Crippen LogP contribution in [-0.2, 0) is 0 Å². The van der Waals surface area contributed by atoms with Crippen LogP contribution >= 0.6 is 11.6 Å². The molecule has 29 heavy (non-hydrogen) atoms. The number of halogens is 1. The average Bonchev–Trinajstić information content (AvgIpc) is 2.70. The molecule has 0 aromatic heterocycles. The van der Waals surface area contributed by atoms with Gasteiger partial charge in [0.15, 0.2) is 0 Å². The van der Waals surface area contributed by atoms with Crippen molar-refractivity contribution in [2.24, 2.45) is 0 Å². The summed E-state index contributed by atoms with van der Waals surface area (Å²) in [4.78, 5) is 25.0. The standard InChI is InChI=1S/C23H21ClN2O3/c1-3-29-21-12-11-16(13-20(21)24)22(27)25-17-8-6-9-18(14-17)26-23(28)19-10-5-4-7-15(19)2/h4-14H,3H2,1-2H3,(H,25,27)(H,26,28). The summed E-state index contributed by atoms with van der Waals surface area (Å²) in [5, 5.41) is 6.04. The molecule has 5 nitrogen and oxygen atoms in total. The highest BCUT2D eigenvalue weighted by molar-refractivity contribution is 6.32. The van der Waals surface area contributed by atoms with Gasteiger partial charge in [-0.3, -0.25) is 9.59 Å². The van der Waals surface area contributed by atoms with E-state index in [0.29, 0.717) is 39.9 Å². The largest absolute Gasteiger partial charge is 0.492 e. The van der Waals surface area contributed by atoms with Crippen molar-refractivity contribution in [1.82, 2.24) is 0 Å². The molecule has 6 heteroatoms. The van der Waals surface area contributed by atoms with Crippen LogP contribution < -0.4 is 15.4 Å². The fourth-order valence-corrected chi connectivity index (χ4v) is 3.05. The normalized spacial score (nSPS) is 10.3. The SMILES string of the molecule is CCOc1ccc(C(=O)Nc2cccc(NC(=O)c3ccccc3C)c2)cc1Cl. The molecule has 3 aromatic rings. The molecule has 0 aliphatic heterocycles. The molecule has 2 amide bonds. The molecule has 0 atom stereocenters. The average molecular weight is 409 g/mol. The van der Waals surface area contributed by atoms with Crippen molar-refractivity contribution in [3.05, 3.63) is 88.4 Å². The highest BCUT2D eigenvalue weighted by Crippen LogP contribution is 2.26. The first-order chi connectivity index (χ1) is 14.0. The van der Waals surface area contributed by atoms with E-state index < -0.39 is 0 Å². The zero-order valence-corrected chi connectivity index (χ0v) is 16.9. The lowest BCUT2D eigenvalue weighted by Crippen LogP contribution is -2.14. The van der Waals surface area contributed by atoms with Gasteiger partial charge in [-0.2, -0.15) is 0 Å². The van der Waals surface area contributed by atoms with Gasteiger partial charge in [-0.25, -0.2) is 0 Å². The van der Waals surface area contributed by atoms with E-state index in [2.05, 4.69) is 10.6 Å². The molecule has 2 N–H and O–H groups in total. The van der Waals surface area contributed by atoms with Crippen molar-refractivity contribution in [2.45, 2.75) is 13.8 Å². The van der Waals surface area contributed by atoms with Crippen LogP contribution in [0.4, 0.5) is 11.4 Å². The molecule has 0 unspecified atom stereocenters. The van der Waals surface area contributed by atoms with Gasteiger partial charge in [0, 0.05) is 22.5 Å². The Morgan fingerprint density at radius 1 is 0.897 bits per heavy atom. The number of amides is 2. The summed E-state index contributed by atoms with van der Waals surface area (Å²) >= 11 is 6.16. The third kappa shape index (κ3) is 5.15. The van der Waals surface area contributed by atoms with E-state index in [4.69, 9.17) is 16.3 Å². The molecule has 148 valence electrons. The Labute approximate surface area is 174 Å². The van der Waals surface area contributed by atoms with Crippen LogP contribution in [0.2, 0.25) is 5.02 Å². The smallest absolute Gasteiger partial charge is 0.255 e. The topological polar surface area (TPSA) is 67.4 Å². The van der Waals surface area contributed by atoms with Crippen LogP contribution in [0, 0.1) is 6.92 Å². The van der Waals surface area contributed by atoms with Crippen molar-refractivity contribution < 1.29 is 14.3 Å². The fraction of sp³-hybridized carbons (Fsp3) is 0.130. The number of ether oxygens (including phenoxy) is 1. The van der Waals surface area contributed by atoms with Crippen molar-refractivity contribution >= 4 is 34.8 Å². The second-order valence-corrected chi connectivity index (χ2v) is 6.79. The van der Waals surface area contributed by atoms with Crippen molar-refractivity contribution in [3.63, 3.8) is 0 Å². The van der Waals surface area contributed by atoms with E-state index in [9.17, 15) is 9.59 Å². The van der Waals surface area contributed by atoms with Gasteiger partial charge >= 0.3 is 0 Å². The van der Waals surface area contributed by atoms with Crippen LogP contribution in [0.25, 0.3) is 0 Å². The number of nitrogens with one attached hydrogen (secondary N) is 2. The molecule has 0 saturated heterocycles. The summed E-state index contributed by atoms with van der Waals surface area (Å²) in [5.74, 6) is 0.0221. The zero-order valence-electron chi connectivity index (χ0n) is 16.2. The quantitative estimate of drug-likeness (QED) is 0.561. The van der Waals surface area contributed by atoms with Gasteiger partial charge in [-0.1, -0.05) is 35.9 Å². The number of hydrogen-bond donors (Lipinski definition) is 2. The molecule has 0 spiro atoms. The second-order valence-electron chi connectivity index (χ2n) is 6.38. The zero-order chi connectivity index (χ0) is 20.8. The van der Waals surface area contributed by atoms with Crippen LogP contribution in [-0.4, -0.2) is 18.4 Å². The van der Waals surface area contributed by atoms with E-state index in [1.165, 1.54) is 0 Å². The number of rotatable bonds is 6. The Bertz CT molecular complexity index is 1050. The van der Waals surface area contributed by atoms with Gasteiger partial charge in [0.2, 0.25) is 0 Å². The monoisotopic (exact) mass is 408 g/mol. The molecular weight excluding hydrogens is 388 g/mol. The fourth-order valence-electron chi connectivity index (χ4n) is 2.82. The Kier molecular flexibility index (Phi) is 6.52. The second kappa shape index (κ2) is 9.26. The first kappa shape index (κ1) is 20.4. The van der Waals surface area contributed by atoms with Crippen LogP contribution in [0.5, 0.6) is 5.75 Å². The van der Waals surface area contributed by atoms with E-state index in [1.54, 1.807) is 48.5 Å². The Balaban J connectivity index is 1.71. The number of carbonyl (C=O) groups is 2. The maximum absolute atomic E-state index is 12.5. The number of hydrogen-bond acceptors (Lipinski definition) is 3. The van der Waals surface area contributed by atoms with Gasteiger partial charge in [0.25, 0.3) is 11.8 Å². The number of anilines is 2. The molecule has 0 aliphatic carbocycles. The molecule has 3 aromatic carbocycles. The first-order valence-corrected chi connectivity index (χ1v) is 9.56. The van der Waals surface area contributed by atoms with Gasteiger partial charge in [0.05, 0.1) is 11.6 Å². The summed E-state index contributed by atoms with van der Waals surface area (Å²) in [6, 6.07) is 19.2. The van der Waals surface area contributed by atoms with E-state index in [0.717, 1.165) is 5.56 Å². The Morgan fingerprint density at radius 3 is 2.24 bits per heavy atom. The molecule has 0 heterocycles. The minimum absolute atomic E-state index is 0.204. The summed E-state index contributed by atoms with van der Waals surface area (Å²) in [5.41, 5.74) is 3.05. The third-order valence-corrected chi connectivity index (χ3v) is 4.56. The third-order valence-electron chi connectivity index (χ3n) is 4.26. The van der Waals surface area contributed by atoms with Gasteiger partial charge < -0.3 is 15.4 Å². The van der Waals surface area contributed by atoms with Crippen molar-refractivity contribution in [3.8, 4) is 5.75 Å². The number of carbonyl (C=O) groups excluding carboxylic acids is 2. The van der Waals surface area contributed by atoms with E-state index in [-0.39, 0.29) is 11.8 Å². The molecule has 0 aliphatic rings.